The monoisotopic (exact) mass is 450 g/mol. The molecule has 0 spiro atoms. The van der Waals surface area contributed by atoms with Crippen molar-refractivity contribution in [1.29, 1.82) is 0 Å². The molecule has 1 atom stereocenters. The number of ether oxygens (including phenoxy) is 4. The Morgan fingerprint density at radius 2 is 1.75 bits per heavy atom. The Bertz CT molecular complexity index is 1190. The van der Waals surface area contributed by atoms with Crippen LogP contribution < -0.4 is 19.6 Å². The highest BCUT2D eigenvalue weighted by Gasteiger charge is 2.40. The third-order valence-corrected chi connectivity index (χ3v) is 4.77. The summed E-state index contributed by atoms with van der Waals surface area (Å²) in [5.41, 5.74) is -1.42. The third-order valence-electron chi connectivity index (χ3n) is 4.77. The molecule has 0 radical (unpaired) electrons. The Labute approximate surface area is 179 Å². The first kappa shape index (κ1) is 21.7. The van der Waals surface area contributed by atoms with E-state index in [1.807, 2.05) is 0 Å². The summed E-state index contributed by atoms with van der Waals surface area (Å²) in [5.74, 6) is -2.89. The molecule has 2 aromatic carbocycles. The maximum Gasteiger partial charge on any atom is 0.453 e. The maximum atomic E-state index is 13.7. The Hall–Kier alpha value is -3.53. The molecule has 1 aliphatic heterocycles. The van der Waals surface area contributed by atoms with Crippen LogP contribution in [0.25, 0.3) is 11.0 Å². The van der Waals surface area contributed by atoms with Gasteiger partial charge in [-0.15, -0.1) is 0 Å². The van der Waals surface area contributed by atoms with Gasteiger partial charge in [-0.25, -0.2) is 4.79 Å². The summed E-state index contributed by atoms with van der Waals surface area (Å²) < 4.78 is 66.6. The highest BCUT2D eigenvalue weighted by molar-refractivity contribution is 5.82. The van der Waals surface area contributed by atoms with Crippen LogP contribution in [0, 0.1) is 0 Å². The molecule has 3 aromatic rings. The first-order valence-corrected chi connectivity index (χ1v) is 9.59. The van der Waals surface area contributed by atoms with Gasteiger partial charge in [0.15, 0.2) is 6.10 Å². The molecule has 1 fully saturated rings. The fourth-order valence-electron chi connectivity index (χ4n) is 3.21. The van der Waals surface area contributed by atoms with Crippen molar-refractivity contribution in [3.8, 4) is 23.0 Å². The minimum Gasteiger partial charge on any atom is -0.497 e. The van der Waals surface area contributed by atoms with Crippen LogP contribution in [0.2, 0.25) is 0 Å². The SMILES string of the molecule is COc1ccc(Oc2c(C(F)(F)F)oc3cc(OC(=O)[C@H]4CCCO4)ccc3c2=O)cc1. The zero-order valence-electron chi connectivity index (χ0n) is 16.7. The fraction of sp³-hybridized carbons (Fsp3) is 0.273. The summed E-state index contributed by atoms with van der Waals surface area (Å²) in [6.45, 7) is 0.429. The van der Waals surface area contributed by atoms with Gasteiger partial charge in [-0.2, -0.15) is 13.2 Å². The van der Waals surface area contributed by atoms with Gasteiger partial charge in [-0.3, -0.25) is 4.79 Å². The van der Waals surface area contributed by atoms with E-state index >= 15 is 0 Å². The molecule has 0 bridgehead atoms. The third kappa shape index (κ3) is 4.40. The quantitative estimate of drug-likeness (QED) is 0.412. The van der Waals surface area contributed by atoms with E-state index in [2.05, 4.69) is 0 Å². The molecular weight excluding hydrogens is 433 g/mol. The molecule has 1 saturated heterocycles. The second kappa shape index (κ2) is 8.54. The second-order valence-corrected chi connectivity index (χ2v) is 6.95. The van der Waals surface area contributed by atoms with Gasteiger partial charge in [-0.1, -0.05) is 0 Å². The molecular formula is C22H17F3O7. The van der Waals surface area contributed by atoms with Gasteiger partial charge < -0.3 is 23.4 Å². The first-order chi connectivity index (χ1) is 15.3. The number of hydrogen-bond acceptors (Lipinski definition) is 7. The van der Waals surface area contributed by atoms with Crippen LogP contribution in [-0.2, 0) is 15.7 Å². The number of hydrogen-bond donors (Lipinski definition) is 0. The van der Waals surface area contributed by atoms with E-state index < -0.39 is 40.8 Å². The summed E-state index contributed by atoms with van der Waals surface area (Å²) >= 11 is 0. The molecule has 0 amide bonds. The minimum atomic E-state index is -5.01. The number of halogens is 3. The van der Waals surface area contributed by atoms with Crippen molar-refractivity contribution in [3.63, 3.8) is 0 Å². The zero-order chi connectivity index (χ0) is 22.9. The summed E-state index contributed by atoms with van der Waals surface area (Å²) in [5, 5.41) is -0.168. The number of alkyl halides is 3. The lowest BCUT2D eigenvalue weighted by molar-refractivity contribution is -0.154. The first-order valence-electron chi connectivity index (χ1n) is 9.59. The molecule has 0 unspecified atom stereocenters. The second-order valence-electron chi connectivity index (χ2n) is 6.95. The smallest absolute Gasteiger partial charge is 0.453 e. The van der Waals surface area contributed by atoms with Crippen LogP contribution in [0.4, 0.5) is 13.2 Å². The van der Waals surface area contributed by atoms with Gasteiger partial charge in [0, 0.05) is 12.7 Å². The maximum absolute atomic E-state index is 13.7. The number of fused-ring (bicyclic) bond motifs is 1. The van der Waals surface area contributed by atoms with Crippen molar-refractivity contribution in [2.45, 2.75) is 25.1 Å². The van der Waals surface area contributed by atoms with E-state index in [9.17, 15) is 22.8 Å². The average Bonchev–Trinajstić information content (AvgIpc) is 3.30. The molecule has 1 aliphatic rings. The average molecular weight is 450 g/mol. The van der Waals surface area contributed by atoms with Crippen molar-refractivity contribution in [1.82, 2.24) is 0 Å². The van der Waals surface area contributed by atoms with Crippen molar-refractivity contribution in [3.05, 3.63) is 58.4 Å². The summed E-state index contributed by atoms with van der Waals surface area (Å²) in [7, 11) is 1.43. The molecule has 7 nitrogen and oxygen atoms in total. The van der Waals surface area contributed by atoms with Gasteiger partial charge in [0.25, 0.3) is 5.76 Å². The molecule has 168 valence electrons. The molecule has 10 heteroatoms. The van der Waals surface area contributed by atoms with Gasteiger partial charge in [0.05, 0.1) is 12.5 Å². The highest BCUT2D eigenvalue weighted by Crippen LogP contribution is 2.39. The molecule has 4 rings (SSSR count). The van der Waals surface area contributed by atoms with E-state index in [0.29, 0.717) is 25.2 Å². The number of benzene rings is 2. The van der Waals surface area contributed by atoms with Gasteiger partial charge >= 0.3 is 12.1 Å². The number of methoxy groups -OCH3 is 1. The van der Waals surface area contributed by atoms with Crippen molar-refractivity contribution in [2.24, 2.45) is 0 Å². The fourth-order valence-corrected chi connectivity index (χ4v) is 3.21. The lowest BCUT2D eigenvalue weighted by Crippen LogP contribution is -2.24. The van der Waals surface area contributed by atoms with E-state index in [1.165, 1.54) is 43.5 Å². The minimum absolute atomic E-state index is 0.00920. The summed E-state index contributed by atoms with van der Waals surface area (Å²) in [6, 6.07) is 9.21. The van der Waals surface area contributed by atoms with E-state index in [4.69, 9.17) is 23.4 Å². The lowest BCUT2D eigenvalue weighted by atomic mass is 10.2. The van der Waals surface area contributed by atoms with Crippen molar-refractivity contribution < 1.29 is 41.3 Å². The van der Waals surface area contributed by atoms with Crippen LogP contribution in [0.3, 0.4) is 0 Å². The molecule has 0 saturated carbocycles. The number of carbonyl (C=O) groups excluding carboxylic acids is 1. The summed E-state index contributed by atoms with van der Waals surface area (Å²) in [6.07, 6.45) is -4.55. The van der Waals surface area contributed by atoms with Crippen molar-refractivity contribution in [2.75, 3.05) is 13.7 Å². The molecule has 32 heavy (non-hydrogen) atoms. The van der Waals surface area contributed by atoms with E-state index in [-0.39, 0.29) is 16.9 Å². The normalized spacial score (nSPS) is 16.2. The van der Waals surface area contributed by atoms with Crippen molar-refractivity contribution >= 4 is 16.9 Å². The topological polar surface area (TPSA) is 84.2 Å². The highest BCUT2D eigenvalue weighted by atomic mass is 19.4. The number of carbonyl (C=O) groups is 1. The number of esters is 1. The Morgan fingerprint density at radius 3 is 2.38 bits per heavy atom. The van der Waals surface area contributed by atoms with Crippen LogP contribution in [0.15, 0.2) is 51.7 Å². The van der Waals surface area contributed by atoms with Gasteiger partial charge in [-0.05, 0) is 49.2 Å². The zero-order valence-corrected chi connectivity index (χ0v) is 16.7. The largest absolute Gasteiger partial charge is 0.497 e. The predicted molar refractivity (Wildman–Crippen MR) is 105 cm³/mol. The van der Waals surface area contributed by atoms with Crippen LogP contribution >= 0.6 is 0 Å². The Balaban J connectivity index is 1.72. The van der Waals surface area contributed by atoms with Gasteiger partial charge in [0.1, 0.15) is 22.8 Å². The molecule has 2 heterocycles. The molecule has 1 aromatic heterocycles. The Morgan fingerprint density at radius 1 is 1.06 bits per heavy atom. The van der Waals surface area contributed by atoms with Gasteiger partial charge in [0.2, 0.25) is 11.2 Å². The standard InChI is InChI=1S/C22H17F3O7/c1-28-12-4-6-13(7-5-12)30-19-18(26)15-9-8-14(31-21(27)16-3-2-10-29-16)11-17(15)32-20(19)22(23,24)25/h4-9,11,16H,2-3,10H2,1H3/t16-/m1/s1. The summed E-state index contributed by atoms with van der Waals surface area (Å²) in [4.78, 5) is 24.9. The molecule has 0 N–H and O–H groups in total. The lowest BCUT2D eigenvalue weighted by Gasteiger charge is -2.14. The van der Waals surface area contributed by atoms with Crippen LogP contribution in [0.5, 0.6) is 23.0 Å². The molecule has 0 aliphatic carbocycles. The van der Waals surface area contributed by atoms with E-state index in [1.54, 1.807) is 0 Å². The predicted octanol–water partition coefficient (Wildman–Crippen LogP) is 4.70. The Kier molecular flexibility index (Phi) is 5.79. The number of rotatable bonds is 5. The van der Waals surface area contributed by atoms with Crippen LogP contribution in [-0.4, -0.2) is 25.8 Å². The van der Waals surface area contributed by atoms with Crippen LogP contribution in [0.1, 0.15) is 18.6 Å². The van der Waals surface area contributed by atoms with E-state index in [0.717, 1.165) is 6.07 Å².